The Morgan fingerprint density at radius 2 is 1.95 bits per heavy atom. The minimum atomic E-state index is 0.550. The van der Waals surface area contributed by atoms with Gasteiger partial charge in [-0.25, -0.2) is 0 Å². The van der Waals surface area contributed by atoms with Gasteiger partial charge in [-0.05, 0) is 58.9 Å². The zero-order valence-corrected chi connectivity index (χ0v) is 13.6. The van der Waals surface area contributed by atoms with E-state index in [-0.39, 0.29) is 0 Å². The molecular formula is C16H33N3O. The molecule has 2 heterocycles. The Bertz CT molecular complexity index is 266. The van der Waals surface area contributed by atoms with Gasteiger partial charge in [-0.1, -0.05) is 13.8 Å². The second-order valence-electron chi connectivity index (χ2n) is 6.32. The summed E-state index contributed by atoms with van der Waals surface area (Å²) in [5, 5.41) is 3.73. The van der Waals surface area contributed by atoms with Crippen LogP contribution < -0.4 is 5.32 Å². The highest BCUT2D eigenvalue weighted by Gasteiger charge is 2.33. The second kappa shape index (κ2) is 8.32. The molecule has 2 aliphatic rings. The lowest BCUT2D eigenvalue weighted by molar-refractivity contribution is -0.0186. The number of rotatable bonds is 6. The lowest BCUT2D eigenvalue weighted by atomic mass is 9.96. The van der Waals surface area contributed by atoms with Crippen molar-refractivity contribution >= 4 is 0 Å². The van der Waals surface area contributed by atoms with E-state index < -0.39 is 0 Å². The Morgan fingerprint density at radius 1 is 1.20 bits per heavy atom. The largest absolute Gasteiger partial charge is 0.380 e. The van der Waals surface area contributed by atoms with Gasteiger partial charge in [0.2, 0.25) is 0 Å². The van der Waals surface area contributed by atoms with Crippen LogP contribution in [0.15, 0.2) is 0 Å². The molecular weight excluding hydrogens is 250 g/mol. The first-order valence-corrected chi connectivity index (χ1v) is 8.51. The maximum atomic E-state index is 5.75. The van der Waals surface area contributed by atoms with Crippen LogP contribution in [0.3, 0.4) is 0 Å². The lowest BCUT2D eigenvalue weighted by Crippen LogP contribution is -2.58. The normalized spacial score (nSPS) is 30.0. The smallest absolute Gasteiger partial charge is 0.0637 e. The topological polar surface area (TPSA) is 27.7 Å². The Hall–Kier alpha value is -0.160. The molecule has 0 aliphatic carbocycles. The quantitative estimate of drug-likeness (QED) is 0.801. The number of nitrogens with zero attached hydrogens (tertiary/aromatic N) is 2. The van der Waals surface area contributed by atoms with Gasteiger partial charge >= 0.3 is 0 Å². The molecule has 2 rings (SSSR count). The molecule has 4 heteroatoms. The van der Waals surface area contributed by atoms with Crippen LogP contribution in [0.5, 0.6) is 0 Å². The van der Waals surface area contributed by atoms with Crippen molar-refractivity contribution in [2.24, 2.45) is 0 Å². The summed E-state index contributed by atoms with van der Waals surface area (Å²) in [5.41, 5.74) is 0. The third kappa shape index (κ3) is 4.17. The van der Waals surface area contributed by atoms with Crippen molar-refractivity contribution in [2.45, 2.75) is 57.7 Å². The summed E-state index contributed by atoms with van der Waals surface area (Å²) in [7, 11) is 2.31. The first kappa shape index (κ1) is 16.2. The minimum absolute atomic E-state index is 0.550. The highest BCUT2D eigenvalue weighted by Crippen LogP contribution is 2.21. The monoisotopic (exact) mass is 283 g/mol. The van der Waals surface area contributed by atoms with Crippen molar-refractivity contribution in [3.63, 3.8) is 0 Å². The van der Waals surface area contributed by atoms with Crippen LogP contribution in [-0.4, -0.2) is 74.4 Å². The first-order chi connectivity index (χ1) is 9.76. The lowest BCUT2D eigenvalue weighted by Gasteiger charge is -2.44. The van der Waals surface area contributed by atoms with Crippen molar-refractivity contribution in [1.29, 1.82) is 0 Å². The molecule has 0 radical (unpaired) electrons. The van der Waals surface area contributed by atoms with Crippen LogP contribution in [-0.2, 0) is 4.74 Å². The van der Waals surface area contributed by atoms with Crippen LogP contribution in [0.25, 0.3) is 0 Å². The van der Waals surface area contributed by atoms with Crippen LogP contribution >= 0.6 is 0 Å². The van der Waals surface area contributed by atoms with Gasteiger partial charge in [0.25, 0.3) is 0 Å². The Morgan fingerprint density at radius 3 is 2.60 bits per heavy atom. The van der Waals surface area contributed by atoms with E-state index in [1.807, 2.05) is 0 Å². The van der Waals surface area contributed by atoms with Crippen molar-refractivity contribution in [3.05, 3.63) is 0 Å². The number of likely N-dealkylation sites (N-methyl/N-ethyl adjacent to an activating group) is 1. The minimum Gasteiger partial charge on any atom is -0.380 e. The molecule has 20 heavy (non-hydrogen) atoms. The number of ether oxygens (including phenoxy) is 1. The summed E-state index contributed by atoms with van der Waals surface area (Å²) < 4.78 is 5.75. The molecule has 2 saturated heterocycles. The number of piperidine rings is 1. The van der Waals surface area contributed by atoms with E-state index in [1.54, 1.807) is 0 Å². The van der Waals surface area contributed by atoms with Crippen molar-refractivity contribution in [2.75, 3.05) is 46.4 Å². The van der Waals surface area contributed by atoms with Gasteiger partial charge in [-0.15, -0.1) is 0 Å². The predicted molar refractivity (Wildman–Crippen MR) is 84.2 cm³/mol. The summed E-state index contributed by atoms with van der Waals surface area (Å²) in [5.74, 6) is 0. The molecule has 0 spiro atoms. The summed E-state index contributed by atoms with van der Waals surface area (Å²) in [6.07, 6.45) is 4.98. The molecule has 0 amide bonds. The van der Waals surface area contributed by atoms with E-state index in [0.29, 0.717) is 12.1 Å². The average molecular weight is 283 g/mol. The average Bonchev–Trinajstić information content (AvgIpc) is 2.52. The first-order valence-electron chi connectivity index (χ1n) is 8.51. The Kier molecular flexibility index (Phi) is 6.75. The van der Waals surface area contributed by atoms with Gasteiger partial charge in [0, 0.05) is 24.7 Å². The molecule has 118 valence electrons. The zero-order valence-electron chi connectivity index (χ0n) is 13.6. The Labute approximate surface area is 124 Å². The third-order valence-corrected chi connectivity index (χ3v) is 5.09. The molecule has 1 N–H and O–H groups in total. The van der Waals surface area contributed by atoms with E-state index in [1.165, 1.54) is 38.9 Å². The standard InChI is InChI=1S/C16H33N3O/c1-4-9-17-15-8-12-20-13-16(15)18(3)14-6-10-19(5-2)11-7-14/h14-17H,4-13H2,1-3H3. The summed E-state index contributed by atoms with van der Waals surface area (Å²) in [4.78, 5) is 5.17. The van der Waals surface area contributed by atoms with Crippen LogP contribution in [0.2, 0.25) is 0 Å². The van der Waals surface area contributed by atoms with Gasteiger partial charge in [-0.3, -0.25) is 4.90 Å². The van der Waals surface area contributed by atoms with Gasteiger partial charge < -0.3 is 15.0 Å². The maximum absolute atomic E-state index is 5.75. The van der Waals surface area contributed by atoms with E-state index >= 15 is 0 Å². The third-order valence-electron chi connectivity index (χ3n) is 5.09. The molecule has 0 aromatic rings. The molecule has 0 bridgehead atoms. The Balaban J connectivity index is 1.87. The highest BCUT2D eigenvalue weighted by atomic mass is 16.5. The van der Waals surface area contributed by atoms with Crippen molar-refractivity contribution in [1.82, 2.24) is 15.1 Å². The molecule has 2 unspecified atom stereocenters. The van der Waals surface area contributed by atoms with E-state index in [2.05, 4.69) is 36.0 Å². The van der Waals surface area contributed by atoms with Gasteiger partial charge in [0.05, 0.1) is 6.61 Å². The zero-order chi connectivity index (χ0) is 14.4. The van der Waals surface area contributed by atoms with Crippen LogP contribution in [0, 0.1) is 0 Å². The molecule has 2 atom stereocenters. The van der Waals surface area contributed by atoms with Crippen LogP contribution in [0.1, 0.15) is 39.5 Å². The molecule has 2 fully saturated rings. The summed E-state index contributed by atoms with van der Waals surface area (Å²) in [6, 6.07) is 1.89. The van der Waals surface area contributed by atoms with Crippen molar-refractivity contribution < 1.29 is 4.74 Å². The number of nitrogens with one attached hydrogen (secondary N) is 1. The molecule has 0 saturated carbocycles. The predicted octanol–water partition coefficient (Wildman–Crippen LogP) is 1.56. The van der Waals surface area contributed by atoms with Gasteiger partial charge in [0.1, 0.15) is 0 Å². The van der Waals surface area contributed by atoms with Gasteiger partial charge in [-0.2, -0.15) is 0 Å². The highest BCUT2D eigenvalue weighted by molar-refractivity contribution is 4.90. The second-order valence-corrected chi connectivity index (χ2v) is 6.32. The summed E-state index contributed by atoms with van der Waals surface area (Å²) >= 11 is 0. The number of hydrogen-bond donors (Lipinski definition) is 1. The molecule has 0 aromatic carbocycles. The fraction of sp³-hybridized carbons (Fsp3) is 1.00. The summed E-state index contributed by atoms with van der Waals surface area (Å²) in [6.45, 7) is 11.2. The van der Waals surface area contributed by atoms with E-state index in [4.69, 9.17) is 4.74 Å². The van der Waals surface area contributed by atoms with Crippen LogP contribution in [0.4, 0.5) is 0 Å². The SMILES string of the molecule is CCCNC1CCOCC1N(C)C1CCN(CC)CC1. The molecule has 2 aliphatic heterocycles. The van der Waals surface area contributed by atoms with Crippen molar-refractivity contribution in [3.8, 4) is 0 Å². The number of hydrogen-bond acceptors (Lipinski definition) is 4. The molecule has 4 nitrogen and oxygen atoms in total. The fourth-order valence-corrected chi connectivity index (χ4v) is 3.61. The van der Waals surface area contributed by atoms with Gasteiger partial charge in [0.15, 0.2) is 0 Å². The number of likely N-dealkylation sites (tertiary alicyclic amines) is 1. The van der Waals surface area contributed by atoms with E-state index in [9.17, 15) is 0 Å². The fourth-order valence-electron chi connectivity index (χ4n) is 3.61. The molecule has 0 aromatic heterocycles. The maximum Gasteiger partial charge on any atom is 0.0637 e. The van der Waals surface area contributed by atoms with E-state index in [0.717, 1.165) is 32.2 Å².